The molecule has 0 aliphatic heterocycles. The molecule has 3 aromatic rings. The lowest BCUT2D eigenvalue weighted by Crippen LogP contribution is -2.17. The minimum Gasteiger partial charge on any atom is -0.490 e. The van der Waals surface area contributed by atoms with Crippen molar-refractivity contribution in [1.29, 1.82) is 5.26 Å². The van der Waals surface area contributed by atoms with Crippen molar-refractivity contribution >= 4 is 28.1 Å². The second-order valence-electron chi connectivity index (χ2n) is 6.53. The summed E-state index contributed by atoms with van der Waals surface area (Å²) in [6, 6.07) is 18.0. The van der Waals surface area contributed by atoms with E-state index < -0.39 is 11.7 Å². The van der Waals surface area contributed by atoms with Crippen LogP contribution in [0.5, 0.6) is 11.5 Å². The van der Waals surface area contributed by atoms with E-state index in [9.17, 15) is 14.4 Å². The second-order valence-corrected chi connectivity index (χ2v) is 7.38. The van der Waals surface area contributed by atoms with Gasteiger partial charge in [0.1, 0.15) is 12.4 Å². The molecular formula is C24H19BrFN3O3. The number of halogens is 2. The van der Waals surface area contributed by atoms with E-state index in [-0.39, 0.29) is 6.61 Å². The number of hydrazone groups is 1. The van der Waals surface area contributed by atoms with Crippen molar-refractivity contribution in [2.24, 2.45) is 5.10 Å². The molecule has 0 unspecified atom stereocenters. The highest BCUT2D eigenvalue weighted by Crippen LogP contribution is 2.37. The fourth-order valence-electron chi connectivity index (χ4n) is 2.80. The van der Waals surface area contributed by atoms with Crippen LogP contribution in [0, 0.1) is 17.1 Å². The summed E-state index contributed by atoms with van der Waals surface area (Å²) < 4.78 is 25.3. The van der Waals surface area contributed by atoms with Gasteiger partial charge in [-0.3, -0.25) is 4.79 Å². The van der Waals surface area contributed by atoms with Crippen LogP contribution >= 0.6 is 15.9 Å². The normalized spacial score (nSPS) is 10.6. The molecule has 0 bridgehead atoms. The molecule has 0 spiro atoms. The van der Waals surface area contributed by atoms with E-state index in [0.29, 0.717) is 39.3 Å². The third-order valence-electron chi connectivity index (χ3n) is 4.33. The lowest BCUT2D eigenvalue weighted by atomic mass is 10.1. The van der Waals surface area contributed by atoms with Crippen molar-refractivity contribution in [2.45, 2.75) is 13.5 Å². The standard InChI is InChI=1S/C24H19BrFN3O3/c1-2-31-22-12-16(14-28-29-24(30)17-7-9-20(26)10-8-17)11-21(25)23(22)32-15-19-6-4-3-5-18(19)13-27/h3-12,14H,2,15H2,1H3,(H,29,30)/b28-14-. The smallest absolute Gasteiger partial charge is 0.271 e. The van der Waals surface area contributed by atoms with Gasteiger partial charge in [0.25, 0.3) is 5.91 Å². The van der Waals surface area contributed by atoms with Crippen molar-refractivity contribution < 1.29 is 18.7 Å². The summed E-state index contributed by atoms with van der Waals surface area (Å²) in [7, 11) is 0. The lowest BCUT2D eigenvalue weighted by Gasteiger charge is -2.15. The van der Waals surface area contributed by atoms with Gasteiger partial charge in [-0.2, -0.15) is 10.4 Å². The van der Waals surface area contributed by atoms with Crippen LogP contribution in [-0.4, -0.2) is 18.7 Å². The third kappa shape index (κ3) is 5.93. The Morgan fingerprint density at radius 1 is 1.19 bits per heavy atom. The molecule has 0 aliphatic rings. The van der Waals surface area contributed by atoms with Crippen molar-refractivity contribution in [1.82, 2.24) is 5.43 Å². The number of carbonyl (C=O) groups excluding carboxylic acids is 1. The highest BCUT2D eigenvalue weighted by molar-refractivity contribution is 9.10. The van der Waals surface area contributed by atoms with E-state index in [1.165, 1.54) is 30.5 Å². The minimum atomic E-state index is -0.457. The van der Waals surface area contributed by atoms with Gasteiger partial charge in [-0.25, -0.2) is 9.82 Å². The maximum atomic E-state index is 13.0. The van der Waals surface area contributed by atoms with Crippen LogP contribution in [0.15, 0.2) is 70.2 Å². The average Bonchev–Trinajstić information content (AvgIpc) is 2.79. The van der Waals surface area contributed by atoms with Crippen molar-refractivity contribution in [3.63, 3.8) is 0 Å². The number of hydrogen-bond acceptors (Lipinski definition) is 5. The Morgan fingerprint density at radius 2 is 1.94 bits per heavy atom. The Balaban J connectivity index is 1.74. The summed E-state index contributed by atoms with van der Waals surface area (Å²) in [6.07, 6.45) is 1.46. The van der Waals surface area contributed by atoms with Crippen LogP contribution in [-0.2, 0) is 6.61 Å². The molecule has 3 aromatic carbocycles. The summed E-state index contributed by atoms with van der Waals surface area (Å²) in [5.74, 6) is 0.105. The van der Waals surface area contributed by atoms with E-state index in [2.05, 4.69) is 32.5 Å². The Hall–Kier alpha value is -3.70. The topological polar surface area (TPSA) is 83.7 Å². The second kappa shape index (κ2) is 11.1. The molecule has 162 valence electrons. The molecular weight excluding hydrogens is 477 g/mol. The summed E-state index contributed by atoms with van der Waals surface area (Å²) >= 11 is 3.49. The fourth-order valence-corrected chi connectivity index (χ4v) is 3.38. The number of rotatable bonds is 8. The molecule has 6 nitrogen and oxygen atoms in total. The Bertz CT molecular complexity index is 1170. The van der Waals surface area contributed by atoms with Gasteiger partial charge in [0.15, 0.2) is 11.5 Å². The first-order chi connectivity index (χ1) is 15.5. The van der Waals surface area contributed by atoms with Gasteiger partial charge in [-0.05, 0) is 70.9 Å². The summed E-state index contributed by atoms with van der Waals surface area (Å²) in [5.41, 5.74) is 4.66. The highest BCUT2D eigenvalue weighted by Gasteiger charge is 2.13. The predicted molar refractivity (Wildman–Crippen MR) is 122 cm³/mol. The molecule has 0 radical (unpaired) electrons. The van der Waals surface area contributed by atoms with Crippen molar-refractivity contribution in [3.8, 4) is 17.6 Å². The first-order valence-electron chi connectivity index (χ1n) is 9.68. The number of carbonyl (C=O) groups is 1. The number of benzene rings is 3. The van der Waals surface area contributed by atoms with Crippen LogP contribution < -0.4 is 14.9 Å². The van der Waals surface area contributed by atoms with Crippen molar-refractivity contribution in [3.05, 3.63) is 93.2 Å². The van der Waals surface area contributed by atoms with E-state index in [1.807, 2.05) is 19.1 Å². The predicted octanol–water partition coefficient (Wildman–Crippen LogP) is 5.20. The third-order valence-corrected chi connectivity index (χ3v) is 4.92. The molecule has 0 aliphatic carbocycles. The number of hydrogen-bond donors (Lipinski definition) is 1. The number of ether oxygens (including phenoxy) is 2. The van der Waals surface area contributed by atoms with Crippen LogP contribution in [0.2, 0.25) is 0 Å². The first-order valence-corrected chi connectivity index (χ1v) is 10.5. The number of amides is 1. The monoisotopic (exact) mass is 495 g/mol. The average molecular weight is 496 g/mol. The molecule has 1 amide bonds. The van der Waals surface area contributed by atoms with Crippen LogP contribution in [0.4, 0.5) is 4.39 Å². The van der Waals surface area contributed by atoms with Crippen molar-refractivity contribution in [2.75, 3.05) is 6.61 Å². The molecule has 0 saturated heterocycles. The Morgan fingerprint density at radius 3 is 2.66 bits per heavy atom. The first kappa shape index (κ1) is 23.0. The summed E-state index contributed by atoms with van der Waals surface area (Å²) in [6.45, 7) is 2.47. The Labute approximate surface area is 193 Å². The van der Waals surface area contributed by atoms with Crippen LogP contribution in [0.3, 0.4) is 0 Å². The number of nitriles is 1. The van der Waals surface area contributed by atoms with Gasteiger partial charge >= 0.3 is 0 Å². The van der Waals surface area contributed by atoms with Gasteiger partial charge in [-0.1, -0.05) is 18.2 Å². The minimum absolute atomic E-state index is 0.198. The van der Waals surface area contributed by atoms with Gasteiger partial charge in [-0.15, -0.1) is 0 Å². The number of nitrogens with one attached hydrogen (secondary N) is 1. The Kier molecular flexibility index (Phi) is 7.95. The largest absolute Gasteiger partial charge is 0.490 e. The fraction of sp³-hybridized carbons (Fsp3) is 0.125. The van der Waals surface area contributed by atoms with Gasteiger partial charge in [0, 0.05) is 11.1 Å². The zero-order valence-corrected chi connectivity index (χ0v) is 18.7. The highest BCUT2D eigenvalue weighted by atomic mass is 79.9. The van der Waals surface area contributed by atoms with Gasteiger partial charge < -0.3 is 9.47 Å². The molecule has 0 fully saturated rings. The summed E-state index contributed by atoms with van der Waals surface area (Å²) in [5, 5.41) is 13.2. The maximum Gasteiger partial charge on any atom is 0.271 e. The number of nitrogens with zero attached hydrogens (tertiary/aromatic N) is 2. The van der Waals surface area contributed by atoms with Gasteiger partial charge in [0.2, 0.25) is 0 Å². The van der Waals surface area contributed by atoms with Crippen LogP contribution in [0.1, 0.15) is 34.0 Å². The molecule has 8 heteroatoms. The van der Waals surface area contributed by atoms with E-state index in [4.69, 9.17) is 9.47 Å². The molecule has 0 aromatic heterocycles. The summed E-state index contributed by atoms with van der Waals surface area (Å²) in [4.78, 5) is 12.1. The van der Waals surface area contributed by atoms with Crippen LogP contribution in [0.25, 0.3) is 0 Å². The quantitative estimate of drug-likeness (QED) is 0.343. The zero-order chi connectivity index (χ0) is 22.9. The van der Waals surface area contributed by atoms with E-state index in [0.717, 1.165) is 5.56 Å². The maximum absolute atomic E-state index is 13.0. The van der Waals surface area contributed by atoms with E-state index in [1.54, 1.807) is 24.3 Å². The molecule has 1 N–H and O–H groups in total. The molecule has 0 atom stereocenters. The molecule has 3 rings (SSSR count). The van der Waals surface area contributed by atoms with E-state index >= 15 is 0 Å². The molecule has 32 heavy (non-hydrogen) atoms. The SMILES string of the molecule is CCOc1cc(/C=N\NC(=O)c2ccc(F)cc2)cc(Br)c1OCc1ccccc1C#N. The lowest BCUT2D eigenvalue weighted by molar-refractivity contribution is 0.0955. The molecule has 0 saturated carbocycles. The van der Waals surface area contributed by atoms with Gasteiger partial charge in [0.05, 0.1) is 28.9 Å². The molecule has 0 heterocycles. The zero-order valence-electron chi connectivity index (χ0n) is 17.1.